The zero-order valence-electron chi connectivity index (χ0n) is 15.3. The zero-order valence-corrected chi connectivity index (χ0v) is 15.3. The van der Waals surface area contributed by atoms with E-state index in [2.05, 4.69) is 0 Å². The van der Waals surface area contributed by atoms with Gasteiger partial charge < -0.3 is 9.84 Å². The van der Waals surface area contributed by atoms with Crippen LogP contribution in [0.3, 0.4) is 0 Å². The Morgan fingerprint density at radius 1 is 1.20 bits per heavy atom. The molecule has 2 atom stereocenters. The molecule has 0 aliphatic heterocycles. The topological polar surface area (TPSA) is 80.7 Å². The molecule has 0 saturated carbocycles. The molecule has 0 radical (unpaired) electrons. The molecule has 0 spiro atoms. The summed E-state index contributed by atoms with van der Waals surface area (Å²) in [5.41, 5.74) is -0.831. The molecular weight excluding hydrogens is 320 g/mol. The van der Waals surface area contributed by atoms with Crippen LogP contribution in [0.2, 0.25) is 0 Å². The SMILES string of the molecule is CC/C=C\C[C@@H]1C(=O)C=C[C@]1(CCCCCCCC(=O)O)OC(C)=O. The fourth-order valence-corrected chi connectivity index (χ4v) is 3.30. The molecule has 5 heteroatoms. The van der Waals surface area contributed by atoms with Gasteiger partial charge in [0, 0.05) is 13.3 Å². The van der Waals surface area contributed by atoms with Gasteiger partial charge in [0.25, 0.3) is 0 Å². The van der Waals surface area contributed by atoms with Crippen molar-refractivity contribution in [3.63, 3.8) is 0 Å². The first-order chi connectivity index (χ1) is 11.9. The molecule has 25 heavy (non-hydrogen) atoms. The highest BCUT2D eigenvalue weighted by atomic mass is 16.6. The lowest BCUT2D eigenvalue weighted by Crippen LogP contribution is -2.40. The van der Waals surface area contributed by atoms with Gasteiger partial charge in [0.1, 0.15) is 5.60 Å². The van der Waals surface area contributed by atoms with Gasteiger partial charge in [-0.15, -0.1) is 0 Å². The first kappa shape index (κ1) is 21.1. The van der Waals surface area contributed by atoms with Crippen molar-refractivity contribution in [3.8, 4) is 0 Å². The van der Waals surface area contributed by atoms with Crippen molar-refractivity contribution < 1.29 is 24.2 Å². The summed E-state index contributed by atoms with van der Waals surface area (Å²) < 4.78 is 5.61. The van der Waals surface area contributed by atoms with E-state index in [1.807, 2.05) is 19.1 Å². The van der Waals surface area contributed by atoms with Gasteiger partial charge in [0.15, 0.2) is 5.78 Å². The molecule has 1 aliphatic carbocycles. The number of ether oxygens (including phenoxy) is 1. The maximum absolute atomic E-state index is 12.2. The van der Waals surface area contributed by atoms with Gasteiger partial charge in [-0.05, 0) is 44.3 Å². The summed E-state index contributed by atoms with van der Waals surface area (Å²) >= 11 is 0. The molecule has 0 heterocycles. The quantitative estimate of drug-likeness (QED) is 0.324. The van der Waals surface area contributed by atoms with Gasteiger partial charge in [-0.25, -0.2) is 0 Å². The number of ketones is 1. The highest BCUT2D eigenvalue weighted by molar-refractivity contribution is 5.96. The lowest BCUT2D eigenvalue weighted by atomic mass is 9.82. The molecule has 0 saturated heterocycles. The Morgan fingerprint density at radius 3 is 2.52 bits per heavy atom. The van der Waals surface area contributed by atoms with Gasteiger partial charge in [0.05, 0.1) is 5.92 Å². The van der Waals surface area contributed by atoms with Crippen LogP contribution < -0.4 is 0 Å². The van der Waals surface area contributed by atoms with E-state index in [9.17, 15) is 14.4 Å². The zero-order chi connectivity index (χ0) is 18.7. The number of hydrogen-bond acceptors (Lipinski definition) is 4. The van der Waals surface area contributed by atoms with Crippen LogP contribution in [-0.4, -0.2) is 28.4 Å². The average molecular weight is 350 g/mol. The van der Waals surface area contributed by atoms with Crippen LogP contribution in [0.15, 0.2) is 24.3 Å². The summed E-state index contributed by atoms with van der Waals surface area (Å²) in [7, 11) is 0. The third kappa shape index (κ3) is 7.24. The van der Waals surface area contributed by atoms with Gasteiger partial charge in [-0.3, -0.25) is 14.4 Å². The molecule has 0 aromatic rings. The standard InChI is InChI=1S/C20H30O5/c1-3-4-8-11-17-18(22)13-15-20(17,25-16(2)21)14-10-7-5-6-9-12-19(23)24/h4,8,13,15,17H,3,5-7,9-12,14H2,1-2H3,(H,23,24)/b8-4-/t17-,20+/m1/s1. The largest absolute Gasteiger partial charge is 0.481 e. The number of carboxylic acid groups (broad SMARTS) is 1. The fourth-order valence-electron chi connectivity index (χ4n) is 3.30. The number of rotatable bonds is 12. The molecule has 0 aromatic carbocycles. The molecule has 0 amide bonds. The van der Waals surface area contributed by atoms with Crippen LogP contribution in [0.4, 0.5) is 0 Å². The van der Waals surface area contributed by atoms with Gasteiger partial charge >= 0.3 is 11.9 Å². The van der Waals surface area contributed by atoms with Crippen LogP contribution in [0.5, 0.6) is 0 Å². The lowest BCUT2D eigenvalue weighted by Gasteiger charge is -2.33. The summed E-state index contributed by atoms with van der Waals surface area (Å²) in [6.07, 6.45) is 13.9. The predicted molar refractivity (Wildman–Crippen MR) is 96.1 cm³/mol. The predicted octanol–water partition coefficient (Wildman–Crippen LogP) is 4.22. The molecule has 0 aromatic heterocycles. The van der Waals surface area contributed by atoms with Crippen molar-refractivity contribution in [2.24, 2.45) is 5.92 Å². The van der Waals surface area contributed by atoms with E-state index in [4.69, 9.17) is 9.84 Å². The normalized spacial score (nSPS) is 22.6. The monoisotopic (exact) mass is 350 g/mol. The Bertz CT molecular complexity index is 520. The second-order valence-electron chi connectivity index (χ2n) is 6.61. The van der Waals surface area contributed by atoms with Crippen molar-refractivity contribution in [3.05, 3.63) is 24.3 Å². The van der Waals surface area contributed by atoms with E-state index in [1.165, 1.54) is 6.92 Å². The number of allylic oxidation sites excluding steroid dienone is 3. The van der Waals surface area contributed by atoms with Crippen molar-refractivity contribution in [2.75, 3.05) is 0 Å². The molecule has 5 nitrogen and oxygen atoms in total. The Balaban J connectivity index is 2.57. The Hall–Kier alpha value is -1.91. The van der Waals surface area contributed by atoms with Gasteiger partial charge in [-0.2, -0.15) is 0 Å². The Labute approximate surface area is 150 Å². The molecule has 140 valence electrons. The number of carbonyl (C=O) groups is 3. The average Bonchev–Trinajstić information content (AvgIpc) is 2.83. The molecule has 1 N–H and O–H groups in total. The lowest BCUT2D eigenvalue weighted by molar-refractivity contribution is -0.158. The van der Waals surface area contributed by atoms with E-state index in [0.717, 1.165) is 32.1 Å². The summed E-state index contributed by atoms with van der Waals surface area (Å²) in [5, 5.41) is 8.63. The molecular formula is C20H30O5. The van der Waals surface area contributed by atoms with E-state index in [1.54, 1.807) is 12.2 Å². The molecule has 0 bridgehead atoms. The van der Waals surface area contributed by atoms with Gasteiger partial charge in [0.2, 0.25) is 0 Å². The molecule has 0 unspecified atom stereocenters. The Morgan fingerprint density at radius 2 is 1.88 bits per heavy atom. The Kier molecular flexibility index (Phi) is 9.17. The maximum atomic E-state index is 12.2. The number of aliphatic carboxylic acids is 1. The summed E-state index contributed by atoms with van der Waals surface area (Å²) in [4.78, 5) is 34.3. The first-order valence-corrected chi connectivity index (χ1v) is 9.20. The van der Waals surface area contributed by atoms with E-state index >= 15 is 0 Å². The van der Waals surface area contributed by atoms with E-state index < -0.39 is 11.6 Å². The second kappa shape index (κ2) is 10.9. The van der Waals surface area contributed by atoms with Crippen LogP contribution in [0, 0.1) is 5.92 Å². The minimum absolute atomic E-state index is 0.0171. The highest BCUT2D eigenvalue weighted by Gasteiger charge is 2.45. The molecule has 1 aliphatic rings. The van der Waals surface area contributed by atoms with Crippen molar-refractivity contribution in [1.29, 1.82) is 0 Å². The van der Waals surface area contributed by atoms with Crippen molar-refractivity contribution in [2.45, 2.75) is 77.2 Å². The maximum Gasteiger partial charge on any atom is 0.303 e. The summed E-state index contributed by atoms with van der Waals surface area (Å²) in [6.45, 7) is 3.41. The van der Waals surface area contributed by atoms with Crippen LogP contribution >= 0.6 is 0 Å². The third-order valence-corrected chi connectivity index (χ3v) is 4.53. The van der Waals surface area contributed by atoms with E-state index in [-0.39, 0.29) is 24.1 Å². The van der Waals surface area contributed by atoms with Crippen LogP contribution in [-0.2, 0) is 19.1 Å². The fraction of sp³-hybridized carbons (Fsp3) is 0.650. The van der Waals surface area contributed by atoms with Crippen molar-refractivity contribution >= 4 is 17.7 Å². The second-order valence-corrected chi connectivity index (χ2v) is 6.61. The van der Waals surface area contributed by atoms with Crippen LogP contribution in [0.25, 0.3) is 0 Å². The van der Waals surface area contributed by atoms with Crippen LogP contribution in [0.1, 0.15) is 71.6 Å². The minimum atomic E-state index is -0.831. The highest BCUT2D eigenvalue weighted by Crippen LogP contribution is 2.38. The summed E-state index contributed by atoms with van der Waals surface area (Å²) in [5.74, 6) is -1.45. The number of esters is 1. The van der Waals surface area contributed by atoms with E-state index in [0.29, 0.717) is 19.3 Å². The van der Waals surface area contributed by atoms with Gasteiger partial charge in [-0.1, -0.05) is 38.3 Å². The first-order valence-electron chi connectivity index (χ1n) is 9.20. The number of carboxylic acids is 1. The smallest absolute Gasteiger partial charge is 0.303 e. The minimum Gasteiger partial charge on any atom is -0.481 e. The third-order valence-electron chi connectivity index (χ3n) is 4.53. The molecule has 1 rings (SSSR count). The number of unbranched alkanes of at least 4 members (excludes halogenated alkanes) is 4. The molecule has 0 fully saturated rings. The number of carbonyl (C=O) groups excluding carboxylic acids is 2. The summed E-state index contributed by atoms with van der Waals surface area (Å²) in [6, 6.07) is 0. The van der Waals surface area contributed by atoms with Crippen molar-refractivity contribution in [1.82, 2.24) is 0 Å². The number of hydrogen-bond donors (Lipinski definition) is 1.